The molecule has 6 nitrogen and oxygen atoms in total. The van der Waals surface area contributed by atoms with E-state index in [1.807, 2.05) is 59.5 Å². The summed E-state index contributed by atoms with van der Waals surface area (Å²) in [6.45, 7) is 1.58. The third kappa shape index (κ3) is 5.94. The van der Waals surface area contributed by atoms with Crippen LogP contribution in [-0.2, 0) is 27.3 Å². The molecule has 6 heteroatoms. The van der Waals surface area contributed by atoms with Crippen molar-refractivity contribution in [1.29, 1.82) is 0 Å². The molecule has 1 aliphatic carbocycles. The van der Waals surface area contributed by atoms with E-state index in [0.29, 0.717) is 26.1 Å². The molecular formula is C25H29N3O3. The summed E-state index contributed by atoms with van der Waals surface area (Å²) in [6, 6.07) is 17.3. The molecule has 0 bridgehead atoms. The number of piperidine rings is 1. The van der Waals surface area contributed by atoms with Crippen LogP contribution in [0.3, 0.4) is 0 Å². The molecule has 1 aliphatic heterocycles. The first-order valence-electron chi connectivity index (χ1n) is 11.1. The van der Waals surface area contributed by atoms with Crippen molar-refractivity contribution in [2.24, 2.45) is 11.8 Å². The molecule has 1 heterocycles. The van der Waals surface area contributed by atoms with Crippen molar-refractivity contribution in [3.05, 3.63) is 65.7 Å². The topological polar surface area (TPSA) is 78.5 Å². The van der Waals surface area contributed by atoms with Crippen molar-refractivity contribution in [3.8, 4) is 0 Å². The Bertz CT molecular complexity index is 940. The fraction of sp³-hybridized carbons (Fsp3) is 0.400. The highest BCUT2D eigenvalue weighted by atomic mass is 16.2. The minimum absolute atomic E-state index is 0.0235. The summed E-state index contributed by atoms with van der Waals surface area (Å²) in [5.74, 6) is 0.0875. The van der Waals surface area contributed by atoms with Gasteiger partial charge in [0.1, 0.15) is 0 Å². The summed E-state index contributed by atoms with van der Waals surface area (Å²) >= 11 is 0. The van der Waals surface area contributed by atoms with E-state index in [1.165, 1.54) is 0 Å². The maximum atomic E-state index is 12.7. The Kier molecular flexibility index (Phi) is 6.65. The van der Waals surface area contributed by atoms with Gasteiger partial charge in [0.25, 0.3) is 0 Å². The highest BCUT2D eigenvalue weighted by molar-refractivity contribution is 5.94. The van der Waals surface area contributed by atoms with Crippen LogP contribution in [0.2, 0.25) is 0 Å². The fourth-order valence-electron chi connectivity index (χ4n) is 3.98. The zero-order valence-corrected chi connectivity index (χ0v) is 17.7. The van der Waals surface area contributed by atoms with Crippen molar-refractivity contribution < 1.29 is 14.4 Å². The molecule has 2 aromatic carbocycles. The average Bonchev–Trinajstić information content (AvgIpc) is 3.64. The number of likely N-dealkylation sites (tertiary alicyclic amines) is 1. The lowest BCUT2D eigenvalue weighted by molar-refractivity contribution is -0.135. The number of anilines is 1. The monoisotopic (exact) mass is 419 g/mol. The number of nitrogens with one attached hydrogen (secondary N) is 2. The Morgan fingerprint density at radius 3 is 2.42 bits per heavy atom. The van der Waals surface area contributed by atoms with Crippen molar-refractivity contribution in [3.63, 3.8) is 0 Å². The second-order valence-electron chi connectivity index (χ2n) is 8.52. The van der Waals surface area contributed by atoms with Gasteiger partial charge in [-0.15, -0.1) is 0 Å². The van der Waals surface area contributed by atoms with Crippen LogP contribution in [0.1, 0.15) is 36.8 Å². The van der Waals surface area contributed by atoms with E-state index < -0.39 is 0 Å². The minimum Gasteiger partial charge on any atom is -0.352 e. The van der Waals surface area contributed by atoms with Gasteiger partial charge in [-0.05, 0) is 48.9 Å². The van der Waals surface area contributed by atoms with E-state index in [2.05, 4.69) is 10.6 Å². The fourth-order valence-corrected chi connectivity index (χ4v) is 3.98. The van der Waals surface area contributed by atoms with Crippen molar-refractivity contribution in [1.82, 2.24) is 10.2 Å². The summed E-state index contributed by atoms with van der Waals surface area (Å²) in [5, 5.41) is 5.94. The molecule has 0 spiro atoms. The molecule has 0 radical (unpaired) electrons. The smallest absolute Gasteiger partial charge is 0.227 e. The minimum atomic E-state index is -0.189. The second-order valence-corrected chi connectivity index (χ2v) is 8.52. The second kappa shape index (κ2) is 9.77. The SMILES string of the molecule is O=C(NCc1cccc(NC(=O)C2CC2)c1)C1CCCN(C(=O)Cc2ccccc2)C1. The molecule has 3 amide bonds. The van der Waals surface area contributed by atoms with Gasteiger partial charge in [-0.2, -0.15) is 0 Å². The first-order valence-corrected chi connectivity index (χ1v) is 11.1. The van der Waals surface area contributed by atoms with Crippen LogP contribution >= 0.6 is 0 Å². The van der Waals surface area contributed by atoms with E-state index in [1.54, 1.807) is 0 Å². The van der Waals surface area contributed by atoms with E-state index in [-0.39, 0.29) is 29.6 Å². The van der Waals surface area contributed by atoms with E-state index >= 15 is 0 Å². The molecule has 2 aliphatic rings. The third-order valence-corrected chi connectivity index (χ3v) is 5.95. The lowest BCUT2D eigenvalue weighted by Gasteiger charge is -2.32. The predicted molar refractivity (Wildman–Crippen MR) is 119 cm³/mol. The molecular weight excluding hydrogens is 390 g/mol. The summed E-state index contributed by atoms with van der Waals surface area (Å²) in [5.41, 5.74) is 2.70. The lowest BCUT2D eigenvalue weighted by Crippen LogP contribution is -2.45. The van der Waals surface area contributed by atoms with Crippen molar-refractivity contribution >= 4 is 23.4 Å². The Morgan fingerprint density at radius 2 is 1.65 bits per heavy atom. The van der Waals surface area contributed by atoms with Gasteiger partial charge in [-0.25, -0.2) is 0 Å². The molecule has 1 atom stereocenters. The van der Waals surface area contributed by atoms with Crippen LogP contribution in [-0.4, -0.2) is 35.7 Å². The molecule has 2 aromatic rings. The highest BCUT2D eigenvalue weighted by Crippen LogP contribution is 2.30. The number of hydrogen-bond acceptors (Lipinski definition) is 3. The van der Waals surface area contributed by atoms with E-state index in [9.17, 15) is 14.4 Å². The Morgan fingerprint density at radius 1 is 0.871 bits per heavy atom. The van der Waals surface area contributed by atoms with E-state index in [0.717, 1.165) is 42.5 Å². The molecule has 4 rings (SSSR count). The summed E-state index contributed by atoms with van der Waals surface area (Å²) in [6.07, 6.45) is 3.93. The number of amides is 3. The van der Waals surface area contributed by atoms with Gasteiger partial charge >= 0.3 is 0 Å². The van der Waals surface area contributed by atoms with Gasteiger partial charge in [0.15, 0.2) is 0 Å². The molecule has 162 valence electrons. The Balaban J connectivity index is 1.27. The van der Waals surface area contributed by atoms with Gasteiger partial charge < -0.3 is 15.5 Å². The molecule has 2 N–H and O–H groups in total. The summed E-state index contributed by atoms with van der Waals surface area (Å²) in [4.78, 5) is 39.2. The van der Waals surface area contributed by atoms with Crippen LogP contribution in [0, 0.1) is 11.8 Å². The Hall–Kier alpha value is -3.15. The zero-order valence-electron chi connectivity index (χ0n) is 17.7. The third-order valence-electron chi connectivity index (χ3n) is 5.95. The molecule has 31 heavy (non-hydrogen) atoms. The van der Waals surface area contributed by atoms with Crippen molar-refractivity contribution in [2.75, 3.05) is 18.4 Å². The number of carbonyl (C=O) groups excluding carboxylic acids is 3. The van der Waals surface area contributed by atoms with Crippen LogP contribution in [0.15, 0.2) is 54.6 Å². The largest absolute Gasteiger partial charge is 0.352 e. The van der Waals surface area contributed by atoms with E-state index in [4.69, 9.17) is 0 Å². The van der Waals surface area contributed by atoms with Crippen LogP contribution in [0.5, 0.6) is 0 Å². The Labute approximate surface area is 183 Å². The first-order chi connectivity index (χ1) is 15.1. The van der Waals surface area contributed by atoms with Crippen molar-refractivity contribution in [2.45, 2.75) is 38.6 Å². The first kappa shape index (κ1) is 21.1. The molecule has 1 saturated heterocycles. The molecule has 2 fully saturated rings. The van der Waals surface area contributed by atoms with Gasteiger partial charge in [0, 0.05) is 31.2 Å². The van der Waals surface area contributed by atoms with Crippen LogP contribution < -0.4 is 10.6 Å². The number of rotatable bonds is 7. The standard InChI is InChI=1S/C25H29N3O3/c29-23(15-18-6-2-1-3-7-18)28-13-5-9-21(17-28)24(30)26-16-19-8-4-10-22(14-19)27-25(31)20-11-12-20/h1-4,6-8,10,14,20-21H,5,9,11-13,15-17H2,(H,26,30)(H,27,31). The number of hydrogen-bond donors (Lipinski definition) is 2. The normalized spacial score (nSPS) is 18.3. The number of carbonyl (C=O) groups is 3. The maximum Gasteiger partial charge on any atom is 0.227 e. The zero-order chi connectivity index (χ0) is 21.6. The molecule has 0 aromatic heterocycles. The van der Waals surface area contributed by atoms with Gasteiger partial charge in [-0.3, -0.25) is 14.4 Å². The number of nitrogens with zero attached hydrogens (tertiary/aromatic N) is 1. The number of benzene rings is 2. The summed E-state index contributed by atoms with van der Waals surface area (Å²) in [7, 11) is 0. The lowest BCUT2D eigenvalue weighted by atomic mass is 9.96. The highest BCUT2D eigenvalue weighted by Gasteiger charge is 2.30. The summed E-state index contributed by atoms with van der Waals surface area (Å²) < 4.78 is 0. The van der Waals surface area contributed by atoms with Crippen LogP contribution in [0.4, 0.5) is 5.69 Å². The predicted octanol–water partition coefficient (Wildman–Crippen LogP) is 3.13. The van der Waals surface area contributed by atoms with Gasteiger partial charge in [-0.1, -0.05) is 42.5 Å². The van der Waals surface area contributed by atoms with Gasteiger partial charge in [0.2, 0.25) is 17.7 Å². The van der Waals surface area contributed by atoms with Gasteiger partial charge in [0.05, 0.1) is 12.3 Å². The molecule has 1 unspecified atom stereocenters. The van der Waals surface area contributed by atoms with Crippen LogP contribution in [0.25, 0.3) is 0 Å². The molecule has 1 saturated carbocycles. The quantitative estimate of drug-likeness (QED) is 0.724. The average molecular weight is 420 g/mol. The maximum absolute atomic E-state index is 12.7.